The van der Waals surface area contributed by atoms with E-state index in [0.717, 1.165) is 3.79 Å². The van der Waals surface area contributed by atoms with Gasteiger partial charge in [0.15, 0.2) is 0 Å². The van der Waals surface area contributed by atoms with E-state index in [-0.39, 0.29) is 18.6 Å². The van der Waals surface area contributed by atoms with E-state index < -0.39 is 0 Å². The quantitative estimate of drug-likeness (QED) is 0.772. The summed E-state index contributed by atoms with van der Waals surface area (Å²) in [5.41, 5.74) is 0. The van der Waals surface area contributed by atoms with Crippen molar-refractivity contribution in [2.75, 3.05) is 26.2 Å². The number of nitrogens with zero attached hydrogens (tertiary/aromatic N) is 2. The molecule has 0 aliphatic rings. The summed E-state index contributed by atoms with van der Waals surface area (Å²) >= 11 is 5.09. The zero-order chi connectivity index (χ0) is 15.1. The number of amides is 1. The highest BCUT2D eigenvalue weighted by atomic mass is 79.9. The van der Waals surface area contributed by atoms with Gasteiger partial charge >= 0.3 is 0 Å². The first kappa shape index (κ1) is 17.6. The van der Waals surface area contributed by atoms with Crippen molar-refractivity contribution >= 4 is 33.2 Å². The third-order valence-corrected chi connectivity index (χ3v) is 4.77. The highest BCUT2D eigenvalue weighted by molar-refractivity contribution is 9.11. The second-order valence-corrected chi connectivity index (χ2v) is 7.45. The maximum absolute atomic E-state index is 12.4. The van der Waals surface area contributed by atoms with Gasteiger partial charge in [-0.1, -0.05) is 0 Å². The van der Waals surface area contributed by atoms with Gasteiger partial charge in [-0.15, -0.1) is 11.3 Å². The van der Waals surface area contributed by atoms with Crippen LogP contribution in [-0.2, 0) is 11.3 Å². The molecule has 114 valence electrons. The Kier molecular flexibility index (Phi) is 7.72. The van der Waals surface area contributed by atoms with Crippen molar-refractivity contribution in [3.8, 4) is 0 Å². The lowest BCUT2D eigenvalue weighted by Crippen LogP contribution is -2.43. The number of carbonyl (C=O) groups is 1. The van der Waals surface area contributed by atoms with Crippen LogP contribution in [0.25, 0.3) is 0 Å². The molecule has 4 nitrogen and oxygen atoms in total. The molecule has 0 atom stereocenters. The van der Waals surface area contributed by atoms with E-state index in [2.05, 4.69) is 15.9 Å². The van der Waals surface area contributed by atoms with Crippen molar-refractivity contribution in [2.24, 2.45) is 0 Å². The predicted molar refractivity (Wildman–Crippen MR) is 86.9 cm³/mol. The van der Waals surface area contributed by atoms with Crippen LogP contribution >= 0.6 is 27.3 Å². The largest absolute Gasteiger partial charge is 0.395 e. The van der Waals surface area contributed by atoms with Gasteiger partial charge in [0.2, 0.25) is 5.91 Å². The van der Waals surface area contributed by atoms with E-state index in [9.17, 15) is 4.79 Å². The van der Waals surface area contributed by atoms with Crippen molar-refractivity contribution in [3.63, 3.8) is 0 Å². The van der Waals surface area contributed by atoms with Gasteiger partial charge in [-0.25, -0.2) is 0 Å². The summed E-state index contributed by atoms with van der Waals surface area (Å²) in [6.07, 6.45) is 0. The number of halogens is 1. The summed E-state index contributed by atoms with van der Waals surface area (Å²) < 4.78 is 1.08. The number of aliphatic hydroxyl groups is 1. The first-order chi connectivity index (χ1) is 9.47. The van der Waals surface area contributed by atoms with Crippen molar-refractivity contribution in [2.45, 2.75) is 33.4 Å². The molecule has 1 amide bonds. The molecule has 0 aliphatic carbocycles. The molecule has 1 rings (SSSR count). The Labute approximate surface area is 133 Å². The van der Waals surface area contributed by atoms with Crippen LogP contribution < -0.4 is 0 Å². The summed E-state index contributed by atoms with van der Waals surface area (Å²) in [5.74, 6) is 0.110. The van der Waals surface area contributed by atoms with E-state index in [0.29, 0.717) is 26.2 Å². The SMILES string of the molecule is CCN(Cc1ccc(Br)s1)C(=O)CN(CCO)C(C)C. The van der Waals surface area contributed by atoms with Gasteiger partial charge in [0, 0.05) is 24.0 Å². The first-order valence-electron chi connectivity index (χ1n) is 6.84. The Morgan fingerprint density at radius 1 is 1.45 bits per heavy atom. The fraction of sp³-hybridized carbons (Fsp3) is 0.643. The molecule has 0 radical (unpaired) electrons. The average molecular weight is 363 g/mol. The lowest BCUT2D eigenvalue weighted by molar-refractivity contribution is -0.133. The first-order valence-corrected chi connectivity index (χ1v) is 8.45. The number of hydrogen-bond donors (Lipinski definition) is 1. The Morgan fingerprint density at radius 3 is 2.60 bits per heavy atom. The van der Waals surface area contributed by atoms with Crippen LogP contribution in [0, 0.1) is 0 Å². The molecule has 1 heterocycles. The van der Waals surface area contributed by atoms with Gasteiger partial charge in [-0.05, 0) is 48.8 Å². The Balaban J connectivity index is 2.61. The minimum absolute atomic E-state index is 0.0788. The molecule has 1 aromatic heterocycles. The fourth-order valence-corrected chi connectivity index (χ4v) is 3.42. The van der Waals surface area contributed by atoms with Crippen LogP contribution in [0.5, 0.6) is 0 Å². The highest BCUT2D eigenvalue weighted by Crippen LogP contribution is 2.23. The minimum Gasteiger partial charge on any atom is -0.395 e. The molecule has 1 N–H and O–H groups in total. The van der Waals surface area contributed by atoms with Crippen LogP contribution in [-0.4, -0.2) is 53.1 Å². The number of aliphatic hydroxyl groups excluding tert-OH is 1. The monoisotopic (exact) mass is 362 g/mol. The third-order valence-electron chi connectivity index (χ3n) is 3.17. The second kappa shape index (κ2) is 8.77. The van der Waals surface area contributed by atoms with Crippen LogP contribution in [0.15, 0.2) is 15.9 Å². The normalized spacial score (nSPS) is 11.3. The summed E-state index contributed by atoms with van der Waals surface area (Å²) in [5, 5.41) is 9.06. The molecule has 20 heavy (non-hydrogen) atoms. The summed E-state index contributed by atoms with van der Waals surface area (Å²) in [6, 6.07) is 4.30. The Bertz CT molecular complexity index is 423. The Morgan fingerprint density at radius 2 is 2.15 bits per heavy atom. The molecule has 0 spiro atoms. The molecule has 0 unspecified atom stereocenters. The number of likely N-dealkylation sites (N-methyl/N-ethyl adjacent to an activating group) is 1. The molecular weight excluding hydrogens is 340 g/mol. The standard InChI is InChI=1S/C14H23BrN2O2S/c1-4-16(9-12-5-6-13(15)20-12)14(19)10-17(7-8-18)11(2)3/h5-6,11,18H,4,7-10H2,1-3H3. The van der Waals surface area contributed by atoms with Gasteiger partial charge in [-0.3, -0.25) is 9.69 Å². The molecule has 0 saturated heterocycles. The minimum atomic E-state index is 0.0788. The van der Waals surface area contributed by atoms with Crippen molar-refractivity contribution in [3.05, 3.63) is 20.8 Å². The third kappa shape index (κ3) is 5.52. The van der Waals surface area contributed by atoms with Gasteiger partial charge < -0.3 is 10.0 Å². The molecular formula is C14H23BrN2O2S. The number of hydrogen-bond acceptors (Lipinski definition) is 4. The lowest BCUT2D eigenvalue weighted by Gasteiger charge is -2.28. The van der Waals surface area contributed by atoms with Gasteiger partial charge in [-0.2, -0.15) is 0 Å². The smallest absolute Gasteiger partial charge is 0.237 e. The summed E-state index contributed by atoms with van der Waals surface area (Å²) in [4.78, 5) is 17.4. The molecule has 0 aliphatic heterocycles. The van der Waals surface area contributed by atoms with E-state index in [1.54, 1.807) is 11.3 Å². The van der Waals surface area contributed by atoms with E-state index in [1.807, 2.05) is 42.7 Å². The van der Waals surface area contributed by atoms with Crippen LogP contribution in [0.2, 0.25) is 0 Å². The summed E-state index contributed by atoms with van der Waals surface area (Å²) in [7, 11) is 0. The van der Waals surface area contributed by atoms with Crippen LogP contribution in [0.3, 0.4) is 0 Å². The van der Waals surface area contributed by atoms with Gasteiger partial charge in [0.1, 0.15) is 0 Å². The molecule has 0 bridgehead atoms. The summed E-state index contributed by atoms with van der Waals surface area (Å²) in [6.45, 7) is 8.38. The zero-order valence-corrected chi connectivity index (χ0v) is 14.7. The van der Waals surface area contributed by atoms with Gasteiger partial charge in [0.05, 0.1) is 23.5 Å². The molecule has 0 fully saturated rings. The number of carbonyl (C=O) groups excluding carboxylic acids is 1. The molecule has 0 saturated carbocycles. The molecule has 1 aromatic rings. The molecule has 0 aromatic carbocycles. The second-order valence-electron chi connectivity index (χ2n) is 4.90. The van der Waals surface area contributed by atoms with Crippen molar-refractivity contribution in [1.82, 2.24) is 9.80 Å². The van der Waals surface area contributed by atoms with Crippen LogP contribution in [0.4, 0.5) is 0 Å². The van der Waals surface area contributed by atoms with E-state index in [1.165, 1.54) is 4.88 Å². The Hall–Kier alpha value is -0.430. The maximum atomic E-state index is 12.4. The van der Waals surface area contributed by atoms with Crippen molar-refractivity contribution < 1.29 is 9.90 Å². The predicted octanol–water partition coefficient (Wildman–Crippen LogP) is 2.56. The van der Waals surface area contributed by atoms with Crippen LogP contribution in [0.1, 0.15) is 25.6 Å². The average Bonchev–Trinajstić information content (AvgIpc) is 2.80. The number of thiophene rings is 1. The van der Waals surface area contributed by atoms with E-state index in [4.69, 9.17) is 5.11 Å². The highest BCUT2D eigenvalue weighted by Gasteiger charge is 2.18. The number of rotatable bonds is 8. The lowest BCUT2D eigenvalue weighted by atomic mass is 10.3. The fourth-order valence-electron chi connectivity index (χ4n) is 1.92. The van der Waals surface area contributed by atoms with E-state index >= 15 is 0 Å². The van der Waals surface area contributed by atoms with Gasteiger partial charge in [0.25, 0.3) is 0 Å². The van der Waals surface area contributed by atoms with Crippen molar-refractivity contribution in [1.29, 1.82) is 0 Å². The topological polar surface area (TPSA) is 43.8 Å². The maximum Gasteiger partial charge on any atom is 0.237 e. The molecule has 6 heteroatoms. The zero-order valence-electron chi connectivity index (χ0n) is 12.3.